The number of nitrogens with one attached hydrogen (secondary N) is 2. The lowest BCUT2D eigenvalue weighted by Gasteiger charge is -2.31. The van der Waals surface area contributed by atoms with Crippen LogP contribution in [0.15, 0.2) is 72.8 Å². The van der Waals surface area contributed by atoms with Gasteiger partial charge < -0.3 is 20.4 Å². The summed E-state index contributed by atoms with van der Waals surface area (Å²) in [6, 6.07) is 20.5. The van der Waals surface area contributed by atoms with E-state index in [1.807, 2.05) is 81.4 Å². The van der Waals surface area contributed by atoms with Gasteiger partial charge in [-0.2, -0.15) is 0 Å². The Morgan fingerprint density at radius 2 is 1.71 bits per heavy atom. The Kier molecular flexibility index (Phi) is 8.24. The van der Waals surface area contributed by atoms with Crippen molar-refractivity contribution in [1.82, 2.24) is 10.2 Å². The molecule has 0 unspecified atom stereocenters. The molecule has 178 valence electrons. The molecule has 0 saturated heterocycles. The van der Waals surface area contributed by atoms with Gasteiger partial charge >= 0.3 is 6.03 Å². The minimum Gasteiger partial charge on any atom is -0.377 e. The van der Waals surface area contributed by atoms with E-state index in [9.17, 15) is 14.0 Å². The van der Waals surface area contributed by atoms with Gasteiger partial charge in [-0.1, -0.05) is 36.4 Å². The second-order valence-electron chi connectivity index (χ2n) is 8.25. The molecule has 2 N–H and O–H groups in total. The molecular formula is C27H31FN4O2. The fraction of sp³-hybridized carbons (Fsp3) is 0.259. The quantitative estimate of drug-likeness (QED) is 0.469. The third-order valence-corrected chi connectivity index (χ3v) is 5.58. The van der Waals surface area contributed by atoms with Crippen LogP contribution in [0.2, 0.25) is 0 Å². The van der Waals surface area contributed by atoms with Gasteiger partial charge in [-0.15, -0.1) is 0 Å². The Hall–Kier alpha value is -3.87. The highest BCUT2D eigenvalue weighted by atomic mass is 19.1. The zero-order chi connectivity index (χ0) is 24.7. The molecule has 1 atom stereocenters. The highest BCUT2D eigenvalue weighted by molar-refractivity contribution is 5.94. The number of hydrogen-bond donors (Lipinski definition) is 2. The number of carbonyl (C=O) groups is 2. The molecule has 0 aliphatic carbocycles. The van der Waals surface area contributed by atoms with Crippen molar-refractivity contribution in [3.63, 3.8) is 0 Å². The zero-order valence-corrected chi connectivity index (χ0v) is 20.0. The summed E-state index contributed by atoms with van der Waals surface area (Å²) in [6.45, 7) is 4.59. The first-order chi connectivity index (χ1) is 16.3. The van der Waals surface area contributed by atoms with E-state index in [4.69, 9.17) is 0 Å². The Balaban J connectivity index is 2.02. The summed E-state index contributed by atoms with van der Waals surface area (Å²) in [5.74, 6) is -0.733. The average Bonchev–Trinajstić information content (AvgIpc) is 2.82. The van der Waals surface area contributed by atoms with Gasteiger partial charge in [0.2, 0.25) is 0 Å². The molecule has 0 aromatic heterocycles. The molecule has 0 saturated carbocycles. The van der Waals surface area contributed by atoms with E-state index < -0.39 is 5.82 Å². The van der Waals surface area contributed by atoms with Crippen molar-refractivity contribution in [3.8, 4) is 0 Å². The maximum atomic E-state index is 13.9. The van der Waals surface area contributed by atoms with E-state index in [0.717, 1.165) is 16.8 Å². The largest absolute Gasteiger partial charge is 0.377 e. The molecule has 34 heavy (non-hydrogen) atoms. The number of hydrogen-bond acceptors (Lipinski definition) is 3. The summed E-state index contributed by atoms with van der Waals surface area (Å²) >= 11 is 0. The number of anilines is 2. The predicted molar refractivity (Wildman–Crippen MR) is 135 cm³/mol. The van der Waals surface area contributed by atoms with Crippen molar-refractivity contribution in [2.45, 2.75) is 26.4 Å². The van der Waals surface area contributed by atoms with E-state index in [2.05, 4.69) is 10.6 Å². The fourth-order valence-electron chi connectivity index (χ4n) is 3.83. The van der Waals surface area contributed by atoms with Crippen LogP contribution in [0.5, 0.6) is 0 Å². The Bertz CT molecular complexity index is 1130. The first kappa shape index (κ1) is 24.8. The molecule has 3 aromatic carbocycles. The molecule has 7 heteroatoms. The number of halogens is 1. The minimum atomic E-state index is -0.458. The van der Waals surface area contributed by atoms with Crippen molar-refractivity contribution in [2.75, 3.05) is 30.9 Å². The number of carbonyl (C=O) groups excluding carboxylic acids is 2. The summed E-state index contributed by atoms with van der Waals surface area (Å²) in [5, 5.41) is 5.55. The second kappa shape index (κ2) is 11.3. The highest BCUT2D eigenvalue weighted by Gasteiger charge is 2.25. The minimum absolute atomic E-state index is 0.268. The summed E-state index contributed by atoms with van der Waals surface area (Å²) in [4.78, 5) is 29.3. The number of benzene rings is 3. The average molecular weight is 463 g/mol. The Labute approximate surface area is 200 Å². The third-order valence-electron chi connectivity index (χ3n) is 5.58. The number of urea groups is 1. The molecule has 0 heterocycles. The highest BCUT2D eigenvalue weighted by Crippen LogP contribution is 2.30. The molecule has 0 spiro atoms. The van der Waals surface area contributed by atoms with Crippen LogP contribution in [0.1, 0.15) is 41.4 Å². The number of amides is 3. The van der Waals surface area contributed by atoms with Crippen molar-refractivity contribution in [2.24, 2.45) is 0 Å². The lowest BCUT2D eigenvalue weighted by molar-refractivity contribution is 0.0674. The van der Waals surface area contributed by atoms with Crippen molar-refractivity contribution >= 4 is 23.3 Å². The molecule has 3 aromatic rings. The second-order valence-corrected chi connectivity index (χ2v) is 8.25. The van der Waals surface area contributed by atoms with Crippen LogP contribution in [0.4, 0.5) is 20.6 Å². The molecule has 3 rings (SSSR count). The van der Waals surface area contributed by atoms with Crippen molar-refractivity contribution < 1.29 is 14.0 Å². The van der Waals surface area contributed by atoms with Gasteiger partial charge in [0.15, 0.2) is 0 Å². The number of nitrogens with zero attached hydrogens (tertiary/aromatic N) is 2. The zero-order valence-electron chi connectivity index (χ0n) is 20.0. The summed E-state index contributed by atoms with van der Waals surface area (Å²) in [6.07, 6.45) is 0. The van der Waals surface area contributed by atoms with Crippen LogP contribution < -0.4 is 15.5 Å². The first-order valence-corrected chi connectivity index (χ1v) is 11.3. The van der Waals surface area contributed by atoms with E-state index in [0.29, 0.717) is 12.2 Å². The van der Waals surface area contributed by atoms with Gasteiger partial charge in [-0.25, -0.2) is 9.18 Å². The van der Waals surface area contributed by atoms with Gasteiger partial charge in [0.05, 0.1) is 6.04 Å². The fourth-order valence-corrected chi connectivity index (χ4v) is 3.83. The van der Waals surface area contributed by atoms with Gasteiger partial charge in [0.1, 0.15) is 5.82 Å². The monoisotopic (exact) mass is 462 g/mol. The normalized spacial score (nSPS) is 11.4. The molecule has 0 aliphatic rings. The maximum Gasteiger partial charge on any atom is 0.319 e. The van der Waals surface area contributed by atoms with Crippen LogP contribution in [-0.4, -0.2) is 37.5 Å². The SMILES string of the molecule is CCNC(=O)Nc1ccc(N(C)C)c(CN(C(=O)c2cccc(F)c2)[C@H](C)c2ccccc2)c1. The summed E-state index contributed by atoms with van der Waals surface area (Å²) in [7, 11) is 3.85. The van der Waals surface area contributed by atoms with Crippen molar-refractivity contribution in [1.29, 1.82) is 0 Å². The number of rotatable bonds is 8. The molecular weight excluding hydrogens is 431 g/mol. The van der Waals surface area contributed by atoms with E-state index in [1.54, 1.807) is 11.0 Å². The van der Waals surface area contributed by atoms with Crippen LogP contribution in [0.25, 0.3) is 0 Å². The molecule has 0 bridgehead atoms. The van der Waals surface area contributed by atoms with Gasteiger partial charge in [0, 0.05) is 44.1 Å². The Morgan fingerprint density at radius 3 is 2.35 bits per heavy atom. The molecule has 6 nitrogen and oxygen atoms in total. The predicted octanol–water partition coefficient (Wildman–Crippen LogP) is 5.44. The summed E-state index contributed by atoms with van der Waals surface area (Å²) < 4.78 is 13.9. The van der Waals surface area contributed by atoms with Crippen LogP contribution in [0.3, 0.4) is 0 Å². The van der Waals surface area contributed by atoms with Crippen LogP contribution >= 0.6 is 0 Å². The van der Waals surface area contributed by atoms with E-state index in [1.165, 1.54) is 18.2 Å². The van der Waals surface area contributed by atoms with E-state index in [-0.39, 0.29) is 30.1 Å². The third kappa shape index (κ3) is 6.13. The maximum absolute atomic E-state index is 13.9. The topological polar surface area (TPSA) is 64.7 Å². The standard InChI is InChI=1S/C27H31FN4O2/c1-5-29-27(34)30-24-14-15-25(31(3)4)22(17-24)18-32(19(2)20-10-7-6-8-11-20)26(33)21-12-9-13-23(28)16-21/h6-17,19H,5,18H2,1-4H3,(H2,29,30,34)/t19-/m1/s1. The summed E-state index contributed by atoms with van der Waals surface area (Å²) in [5.41, 5.74) is 3.64. The van der Waals surface area contributed by atoms with Crippen LogP contribution in [-0.2, 0) is 6.54 Å². The lowest BCUT2D eigenvalue weighted by atomic mass is 10.0. The van der Waals surface area contributed by atoms with Crippen LogP contribution in [0, 0.1) is 5.82 Å². The van der Waals surface area contributed by atoms with Crippen molar-refractivity contribution in [3.05, 3.63) is 95.3 Å². The lowest BCUT2D eigenvalue weighted by Crippen LogP contribution is -2.34. The van der Waals surface area contributed by atoms with Gasteiger partial charge in [-0.05, 0) is 61.4 Å². The Morgan fingerprint density at radius 1 is 0.971 bits per heavy atom. The molecule has 0 aliphatic heterocycles. The first-order valence-electron chi connectivity index (χ1n) is 11.3. The smallest absolute Gasteiger partial charge is 0.319 e. The van der Waals surface area contributed by atoms with Gasteiger partial charge in [0.25, 0.3) is 5.91 Å². The molecule has 0 fully saturated rings. The van der Waals surface area contributed by atoms with E-state index >= 15 is 0 Å². The molecule has 3 amide bonds. The van der Waals surface area contributed by atoms with Gasteiger partial charge in [-0.3, -0.25) is 4.79 Å². The molecule has 0 radical (unpaired) electrons.